The van der Waals surface area contributed by atoms with Crippen LogP contribution in [0.5, 0.6) is 0 Å². The zero-order chi connectivity index (χ0) is 48.8. The van der Waals surface area contributed by atoms with Crippen molar-refractivity contribution in [2.75, 3.05) is 12.8 Å². The average molecular weight is 927 g/mol. The van der Waals surface area contributed by atoms with Crippen LogP contribution in [-0.2, 0) is 40.4 Å². The molecule has 10 rings (SSSR count). The van der Waals surface area contributed by atoms with Gasteiger partial charge >= 0.3 is 14.6 Å². The molecule has 1 atom stereocenters. The largest absolute Gasteiger partial charge is 0.571 e. The highest BCUT2D eigenvalue weighted by atomic mass is 28.4. The molecule has 4 aliphatic heterocycles. The fraction of sp³-hybridized carbons (Fsp3) is 0.352. The molecule has 1 unspecified atom stereocenters. The number of amidine groups is 3. The van der Waals surface area contributed by atoms with Gasteiger partial charge in [-0.1, -0.05) is 132 Å². The monoisotopic (exact) mass is 926 g/mol. The standard InChI is InChI=1S/C54H58N8O5Si/c1-51(2,3)28-16-20-34-36(24-28)43(55)61-47(34)60-46-38-26-30(53(7,8)9)15-19-33(38)44(57-46)58-49-39-27-31(54(10,11)12)17-21-35(39)48-59-45-37-25-29(52(4,5)6)14-18-32(37)42(56-45)50(65)68(61,62(48)49)67-41(64)23-22-40(63)66-13/h14-21,24-27,65H,22-23,55H2,1-13H3/b50-42-,58-49?,59-48?,60-46?. The third kappa shape index (κ3) is 6.81. The molecule has 0 radical (unpaired) electrons. The summed E-state index contributed by atoms with van der Waals surface area (Å²) in [4.78, 5) is 54.6. The molecule has 0 aliphatic carbocycles. The summed E-state index contributed by atoms with van der Waals surface area (Å²) in [6.45, 7) is 25.7. The Morgan fingerprint density at radius 3 is 1.60 bits per heavy atom. The summed E-state index contributed by atoms with van der Waals surface area (Å²) in [5.41, 5.74) is 14.5. The molecule has 68 heavy (non-hydrogen) atoms. The maximum atomic E-state index is 15.0. The van der Waals surface area contributed by atoms with Gasteiger partial charge < -0.3 is 20.0 Å². The Labute approximate surface area is 396 Å². The SMILES string of the molecule is COC(=O)CCC(=O)O[Si]12/C(O)=C3\N=C(N=c4c5ccc(C(C)(C)C)cc5c(n41)=NC1=NC(=Nc4c5ccc(C(C)(C)C)cc5c(N)n42)c2cc(C(C)(C)C)ccc21)c1cc(C(C)(C)C)ccc13. The van der Waals surface area contributed by atoms with Gasteiger partial charge in [-0.15, -0.1) is 0 Å². The molecule has 0 fully saturated rings. The quantitative estimate of drug-likeness (QED) is 0.132. The normalized spacial score (nSPS) is 18.5. The number of aliphatic imine (C=N–C) groups is 3. The summed E-state index contributed by atoms with van der Waals surface area (Å²) in [5, 5.41) is 16.2. The number of rotatable bonds is 4. The minimum atomic E-state index is -5.03. The van der Waals surface area contributed by atoms with Crippen molar-refractivity contribution < 1.29 is 23.9 Å². The Morgan fingerprint density at radius 2 is 1.01 bits per heavy atom. The van der Waals surface area contributed by atoms with E-state index in [-0.39, 0.29) is 51.4 Å². The van der Waals surface area contributed by atoms with E-state index in [2.05, 4.69) is 119 Å². The van der Waals surface area contributed by atoms with Gasteiger partial charge in [0.25, 0.3) is 5.97 Å². The van der Waals surface area contributed by atoms with Crippen molar-refractivity contribution >= 4 is 77.0 Å². The van der Waals surface area contributed by atoms with Crippen molar-refractivity contribution in [2.24, 2.45) is 25.0 Å². The Kier molecular flexibility index (Phi) is 9.76. The number of nitrogens with two attached hydrogens (primary N) is 1. The molecule has 0 amide bonds. The van der Waals surface area contributed by atoms with Crippen LogP contribution in [0.2, 0.25) is 0 Å². The van der Waals surface area contributed by atoms with E-state index in [0.29, 0.717) is 67.0 Å². The molecule has 0 saturated heterocycles. The fourth-order valence-electron chi connectivity index (χ4n) is 9.53. The lowest BCUT2D eigenvalue weighted by molar-refractivity contribution is -0.145. The molecular weight excluding hydrogens is 869 g/mol. The smallest absolute Gasteiger partial charge is 0.508 e. The van der Waals surface area contributed by atoms with Crippen molar-refractivity contribution in [3.8, 4) is 0 Å². The highest BCUT2D eigenvalue weighted by molar-refractivity contribution is 6.80. The van der Waals surface area contributed by atoms with Crippen molar-refractivity contribution in [3.05, 3.63) is 134 Å². The molecule has 2 aromatic heterocycles. The van der Waals surface area contributed by atoms with E-state index >= 15 is 0 Å². The summed E-state index contributed by atoms with van der Waals surface area (Å²) in [7, 11) is -3.76. The predicted molar refractivity (Wildman–Crippen MR) is 271 cm³/mol. The van der Waals surface area contributed by atoms with E-state index in [0.717, 1.165) is 33.4 Å². The minimum Gasteiger partial charge on any atom is -0.508 e. The van der Waals surface area contributed by atoms with Crippen LogP contribution < -0.4 is 16.7 Å². The molecule has 0 saturated carbocycles. The van der Waals surface area contributed by atoms with Crippen LogP contribution in [-0.4, -0.2) is 58.8 Å². The molecular formula is C54H58N8O5Si. The lowest BCUT2D eigenvalue weighted by Crippen LogP contribution is -2.64. The van der Waals surface area contributed by atoms with Crippen molar-refractivity contribution in [2.45, 2.75) is 118 Å². The zero-order valence-electron chi connectivity index (χ0n) is 41.1. The van der Waals surface area contributed by atoms with Gasteiger partial charge in [0.05, 0.1) is 20.0 Å². The second kappa shape index (κ2) is 14.8. The Bertz CT molecular complexity index is 3520. The number of aliphatic hydroxyl groups is 1. The lowest BCUT2D eigenvalue weighted by Gasteiger charge is -2.34. The van der Waals surface area contributed by atoms with Crippen molar-refractivity contribution in [3.63, 3.8) is 0 Å². The Hall–Kier alpha value is -6.93. The number of carbonyl (C=O) groups excluding carboxylic acids is 2. The highest BCUT2D eigenvalue weighted by Gasteiger charge is 2.59. The van der Waals surface area contributed by atoms with Gasteiger partial charge in [-0.2, -0.15) is 0 Å². The van der Waals surface area contributed by atoms with Gasteiger partial charge in [-0.25, -0.2) is 25.0 Å². The molecule has 4 bridgehead atoms. The van der Waals surface area contributed by atoms with Crippen LogP contribution in [0.15, 0.2) is 103 Å². The molecule has 0 spiro atoms. The number of esters is 1. The third-order valence-corrected chi connectivity index (χ3v) is 17.1. The lowest BCUT2D eigenvalue weighted by atomic mass is 9.85. The molecule has 4 aliphatic rings. The number of ether oxygens (including phenoxy) is 1. The van der Waals surface area contributed by atoms with Gasteiger partial charge in [-0.05, 0) is 68.2 Å². The van der Waals surface area contributed by atoms with Gasteiger partial charge in [-0.3, -0.25) is 18.1 Å². The van der Waals surface area contributed by atoms with Gasteiger partial charge in [0.1, 0.15) is 28.3 Å². The summed E-state index contributed by atoms with van der Waals surface area (Å²) in [6.07, 6.45) is -0.644. The summed E-state index contributed by atoms with van der Waals surface area (Å²) in [5.74, 6) is 0.273. The number of anilines is 1. The first-order valence-corrected chi connectivity index (χ1v) is 25.0. The van der Waals surface area contributed by atoms with Gasteiger partial charge in [0.2, 0.25) is 0 Å². The molecule has 6 heterocycles. The van der Waals surface area contributed by atoms with Crippen molar-refractivity contribution in [1.82, 2.24) is 8.47 Å². The molecule has 14 heteroatoms. The minimum absolute atomic E-state index is 0.179. The molecule has 3 N–H and O–H groups in total. The highest BCUT2D eigenvalue weighted by Crippen LogP contribution is 2.46. The maximum Gasteiger partial charge on any atom is 0.571 e. The molecule has 6 aromatic rings. The number of aromatic nitrogens is 2. The zero-order valence-corrected chi connectivity index (χ0v) is 42.1. The van der Waals surface area contributed by atoms with E-state index in [1.807, 2.05) is 36.4 Å². The first-order valence-electron chi connectivity index (χ1n) is 23.2. The van der Waals surface area contributed by atoms with Crippen LogP contribution in [0.4, 0.5) is 11.6 Å². The predicted octanol–water partition coefficient (Wildman–Crippen LogP) is 9.53. The second-order valence-corrected chi connectivity index (χ2v) is 25.2. The van der Waals surface area contributed by atoms with E-state index in [1.54, 1.807) is 8.47 Å². The number of fused-ring (bicyclic) bond motifs is 15. The first-order chi connectivity index (χ1) is 31.8. The second-order valence-electron chi connectivity index (χ2n) is 22.5. The van der Waals surface area contributed by atoms with Crippen LogP contribution >= 0.6 is 0 Å². The molecule has 4 aromatic carbocycles. The van der Waals surface area contributed by atoms with Crippen LogP contribution in [0, 0.1) is 0 Å². The van der Waals surface area contributed by atoms with E-state index in [9.17, 15) is 14.7 Å². The summed E-state index contributed by atoms with van der Waals surface area (Å²) >= 11 is 0. The van der Waals surface area contributed by atoms with Gasteiger partial charge in [0, 0.05) is 43.8 Å². The topological polar surface area (TPSA) is 171 Å². The summed E-state index contributed by atoms with van der Waals surface area (Å²) in [6, 6.07) is 24.6. The number of carbonyl (C=O) groups is 2. The Morgan fingerprint density at radius 1 is 0.544 bits per heavy atom. The van der Waals surface area contributed by atoms with E-state index < -0.39 is 20.6 Å². The average Bonchev–Trinajstić information content (AvgIpc) is 3.98. The fourth-order valence-corrected chi connectivity index (χ4v) is 13.2. The molecule has 13 nitrogen and oxygen atoms in total. The number of methoxy groups -OCH3 is 1. The number of benzene rings is 4. The van der Waals surface area contributed by atoms with E-state index in [1.165, 1.54) is 7.11 Å². The molecule has 348 valence electrons. The number of aliphatic hydroxyl groups excluding tert-OH is 1. The first kappa shape index (κ1) is 44.9. The van der Waals surface area contributed by atoms with Crippen LogP contribution in [0.3, 0.4) is 0 Å². The third-order valence-electron chi connectivity index (χ3n) is 13.6. The van der Waals surface area contributed by atoms with Crippen molar-refractivity contribution in [1.29, 1.82) is 0 Å². The maximum absolute atomic E-state index is 15.0. The van der Waals surface area contributed by atoms with Crippen LogP contribution in [0.1, 0.15) is 140 Å². The number of hydrogen-bond donors (Lipinski definition) is 2. The van der Waals surface area contributed by atoms with E-state index in [4.69, 9.17) is 39.9 Å². The summed E-state index contributed by atoms with van der Waals surface area (Å²) < 4.78 is 15.6. The van der Waals surface area contributed by atoms with Crippen LogP contribution in [0.25, 0.3) is 27.2 Å². The number of nitrogen functional groups attached to an aromatic ring is 1. The Balaban J connectivity index is 1.48. The van der Waals surface area contributed by atoms with Gasteiger partial charge in [0.15, 0.2) is 22.9 Å². The number of nitrogens with zero attached hydrogens (tertiary/aromatic N) is 7. The number of hydrogen-bond acceptors (Lipinski definition) is 11.